The van der Waals surface area contributed by atoms with Crippen molar-refractivity contribution in [3.8, 4) is 0 Å². The zero-order valence-corrected chi connectivity index (χ0v) is 22.4. The van der Waals surface area contributed by atoms with Crippen LogP contribution in [-0.2, 0) is 17.1 Å². The Labute approximate surface area is 222 Å². The third-order valence-corrected chi connectivity index (χ3v) is 8.97. The topological polar surface area (TPSA) is 72.2 Å². The minimum absolute atomic E-state index is 0.177. The molecular formula is C27H25N5OS3. The van der Waals surface area contributed by atoms with Gasteiger partial charge in [-0.3, -0.25) is 4.79 Å². The molecule has 0 unspecified atom stereocenters. The zero-order valence-electron chi connectivity index (χ0n) is 20.0. The van der Waals surface area contributed by atoms with Gasteiger partial charge in [0.05, 0.1) is 12.0 Å². The van der Waals surface area contributed by atoms with Crippen molar-refractivity contribution in [3.05, 3.63) is 83.4 Å². The van der Waals surface area contributed by atoms with Crippen LogP contribution in [0, 0.1) is 6.92 Å². The maximum atomic E-state index is 12.3. The Balaban J connectivity index is 1.14. The first kappa shape index (κ1) is 24.5. The highest BCUT2D eigenvalue weighted by atomic mass is 32.2. The average Bonchev–Trinajstić information content (AvgIpc) is 3.49. The van der Waals surface area contributed by atoms with Gasteiger partial charge < -0.3 is 4.57 Å². The summed E-state index contributed by atoms with van der Waals surface area (Å²) in [7, 11) is 0. The molecule has 9 heteroatoms. The van der Waals surface area contributed by atoms with E-state index in [0.29, 0.717) is 0 Å². The third-order valence-electron chi connectivity index (χ3n) is 5.71. The highest BCUT2D eigenvalue weighted by molar-refractivity contribution is 8.03. The van der Waals surface area contributed by atoms with Gasteiger partial charge in [-0.25, -0.2) is 5.43 Å². The van der Waals surface area contributed by atoms with Crippen LogP contribution in [0.5, 0.6) is 0 Å². The maximum Gasteiger partial charge on any atom is 0.250 e. The SMILES string of the molecule is CCn1c2ccccc2c2cc(/C=N\NC(=O)CSc3nnc(SCc4ccc(C)cc4)s3)ccc21. The standard InChI is InChI=1S/C27H25N5OS3/c1-3-32-23-7-5-4-6-21(23)22-14-20(12-13-24(22)32)15-28-29-25(33)17-35-27-31-30-26(36-27)34-16-19-10-8-18(2)9-11-19/h4-15H,3,16-17H2,1-2H3,(H,29,33)/b28-15-. The molecule has 0 bridgehead atoms. The predicted molar refractivity (Wildman–Crippen MR) is 152 cm³/mol. The summed E-state index contributed by atoms with van der Waals surface area (Å²) in [4.78, 5) is 12.3. The number of hydrogen-bond donors (Lipinski definition) is 1. The Morgan fingerprint density at radius 3 is 2.56 bits per heavy atom. The molecule has 2 heterocycles. The maximum absolute atomic E-state index is 12.3. The molecule has 0 spiro atoms. The molecule has 0 atom stereocenters. The quantitative estimate of drug-likeness (QED) is 0.133. The smallest absolute Gasteiger partial charge is 0.250 e. The fourth-order valence-corrected chi connectivity index (χ4v) is 6.74. The van der Waals surface area contributed by atoms with Crippen LogP contribution in [-0.4, -0.2) is 32.6 Å². The number of amides is 1. The number of nitrogens with zero attached hydrogens (tertiary/aromatic N) is 4. The normalized spacial score (nSPS) is 11.6. The van der Waals surface area contributed by atoms with E-state index in [1.807, 2.05) is 6.07 Å². The summed E-state index contributed by atoms with van der Waals surface area (Å²) in [5.41, 5.74) is 8.48. The van der Waals surface area contributed by atoms with Gasteiger partial charge in [0.1, 0.15) is 0 Å². The summed E-state index contributed by atoms with van der Waals surface area (Å²) in [6.45, 7) is 5.15. The molecule has 5 rings (SSSR count). The molecule has 0 radical (unpaired) electrons. The lowest BCUT2D eigenvalue weighted by atomic mass is 10.1. The molecule has 1 N–H and O–H groups in total. The van der Waals surface area contributed by atoms with Gasteiger partial charge in [0.2, 0.25) is 0 Å². The van der Waals surface area contributed by atoms with E-state index in [4.69, 9.17) is 0 Å². The van der Waals surface area contributed by atoms with Crippen LogP contribution in [0.1, 0.15) is 23.6 Å². The van der Waals surface area contributed by atoms with E-state index in [9.17, 15) is 4.79 Å². The minimum atomic E-state index is -0.177. The zero-order chi connectivity index (χ0) is 24.9. The van der Waals surface area contributed by atoms with Crippen molar-refractivity contribution in [1.82, 2.24) is 20.2 Å². The van der Waals surface area contributed by atoms with Crippen molar-refractivity contribution < 1.29 is 4.79 Å². The number of aromatic nitrogens is 3. The van der Waals surface area contributed by atoms with E-state index < -0.39 is 0 Å². The first-order valence-electron chi connectivity index (χ1n) is 11.6. The summed E-state index contributed by atoms with van der Waals surface area (Å²) in [6, 6.07) is 23.2. The number of rotatable bonds is 9. The largest absolute Gasteiger partial charge is 0.341 e. The van der Waals surface area contributed by atoms with E-state index in [2.05, 4.69) is 99.8 Å². The van der Waals surface area contributed by atoms with Crippen molar-refractivity contribution in [2.75, 3.05) is 5.75 Å². The predicted octanol–water partition coefficient (Wildman–Crippen LogP) is 6.51. The summed E-state index contributed by atoms with van der Waals surface area (Å²) < 4.78 is 3.99. The number of nitrogens with one attached hydrogen (secondary N) is 1. The summed E-state index contributed by atoms with van der Waals surface area (Å²) >= 11 is 4.53. The van der Waals surface area contributed by atoms with Gasteiger partial charge >= 0.3 is 0 Å². The highest BCUT2D eigenvalue weighted by Gasteiger charge is 2.10. The van der Waals surface area contributed by atoms with E-state index in [1.165, 1.54) is 56.0 Å². The Kier molecular flexibility index (Phi) is 7.69. The Hall–Kier alpha value is -3.14. The van der Waals surface area contributed by atoms with Gasteiger partial charge in [0, 0.05) is 34.1 Å². The lowest BCUT2D eigenvalue weighted by Crippen LogP contribution is -2.19. The molecule has 0 aliphatic rings. The molecule has 6 nitrogen and oxygen atoms in total. The van der Waals surface area contributed by atoms with Crippen molar-refractivity contribution in [2.24, 2.45) is 5.10 Å². The lowest BCUT2D eigenvalue weighted by molar-refractivity contribution is -0.118. The van der Waals surface area contributed by atoms with E-state index in [-0.39, 0.29) is 11.7 Å². The number of fused-ring (bicyclic) bond motifs is 3. The molecule has 0 aliphatic carbocycles. The van der Waals surface area contributed by atoms with Crippen LogP contribution in [0.25, 0.3) is 21.8 Å². The average molecular weight is 532 g/mol. The second-order valence-corrected chi connectivity index (χ2v) is 11.7. The van der Waals surface area contributed by atoms with Gasteiger partial charge in [-0.1, -0.05) is 89.0 Å². The van der Waals surface area contributed by atoms with Gasteiger partial charge in [-0.05, 0) is 43.2 Å². The molecule has 182 valence electrons. The summed E-state index contributed by atoms with van der Waals surface area (Å²) in [5.74, 6) is 0.904. The van der Waals surface area contributed by atoms with Crippen LogP contribution in [0.4, 0.5) is 0 Å². The first-order chi connectivity index (χ1) is 17.6. The lowest BCUT2D eigenvalue weighted by Gasteiger charge is -2.02. The molecule has 3 aromatic carbocycles. The monoisotopic (exact) mass is 531 g/mol. The van der Waals surface area contributed by atoms with Crippen LogP contribution >= 0.6 is 34.9 Å². The van der Waals surface area contributed by atoms with Crippen molar-refractivity contribution in [1.29, 1.82) is 0 Å². The second-order valence-electron chi connectivity index (χ2n) is 8.23. The van der Waals surface area contributed by atoms with Gasteiger partial charge in [0.15, 0.2) is 8.68 Å². The van der Waals surface area contributed by atoms with Crippen LogP contribution in [0.2, 0.25) is 0 Å². The van der Waals surface area contributed by atoms with Crippen LogP contribution in [0.15, 0.2) is 80.5 Å². The Morgan fingerprint density at radius 1 is 1.00 bits per heavy atom. The molecule has 2 aromatic heterocycles. The third kappa shape index (κ3) is 5.64. The van der Waals surface area contributed by atoms with Crippen LogP contribution in [0.3, 0.4) is 0 Å². The number of aryl methyl sites for hydroxylation is 2. The number of carbonyl (C=O) groups is 1. The fraction of sp³-hybridized carbons (Fsp3) is 0.185. The number of thioether (sulfide) groups is 2. The molecule has 0 saturated carbocycles. The van der Waals surface area contributed by atoms with Gasteiger partial charge in [-0.2, -0.15) is 5.10 Å². The summed E-state index contributed by atoms with van der Waals surface area (Å²) in [5, 5.41) is 15.0. The molecule has 0 fully saturated rings. The van der Waals surface area contributed by atoms with Gasteiger partial charge in [-0.15, -0.1) is 10.2 Å². The molecule has 5 aromatic rings. The first-order valence-corrected chi connectivity index (χ1v) is 14.4. The van der Waals surface area contributed by atoms with Crippen molar-refractivity contribution >= 4 is 68.8 Å². The molecule has 36 heavy (non-hydrogen) atoms. The Bertz CT molecular complexity index is 1540. The second kappa shape index (κ2) is 11.3. The number of para-hydroxylation sites is 1. The highest BCUT2D eigenvalue weighted by Crippen LogP contribution is 2.31. The molecule has 1 amide bonds. The minimum Gasteiger partial charge on any atom is -0.341 e. The number of carbonyl (C=O) groups excluding carboxylic acids is 1. The number of benzene rings is 3. The molecule has 0 aliphatic heterocycles. The number of hydrogen-bond acceptors (Lipinski definition) is 7. The van der Waals surface area contributed by atoms with E-state index in [0.717, 1.165) is 26.5 Å². The number of hydrazone groups is 1. The van der Waals surface area contributed by atoms with Crippen molar-refractivity contribution in [2.45, 2.75) is 34.8 Å². The van der Waals surface area contributed by atoms with Crippen LogP contribution < -0.4 is 5.43 Å². The molecular weight excluding hydrogens is 507 g/mol. The van der Waals surface area contributed by atoms with Gasteiger partial charge in [0.25, 0.3) is 5.91 Å². The van der Waals surface area contributed by atoms with Crippen molar-refractivity contribution in [3.63, 3.8) is 0 Å². The fourth-order valence-electron chi connectivity index (χ4n) is 3.97. The van der Waals surface area contributed by atoms with E-state index >= 15 is 0 Å². The summed E-state index contributed by atoms with van der Waals surface area (Å²) in [6.07, 6.45) is 1.69. The Morgan fingerprint density at radius 2 is 1.75 bits per heavy atom. The molecule has 0 saturated heterocycles. The van der Waals surface area contributed by atoms with E-state index in [1.54, 1.807) is 18.0 Å².